The number of carbonyl (C=O) groups is 5. The second-order valence-electron chi connectivity index (χ2n) is 11.5. The lowest BCUT2D eigenvalue weighted by molar-refractivity contribution is -0.155. The molecular weight excluding hydrogens is 552 g/mol. The first-order valence-electron chi connectivity index (χ1n) is 14.7. The number of amides is 4. The van der Waals surface area contributed by atoms with Gasteiger partial charge in [0, 0.05) is 16.9 Å². The van der Waals surface area contributed by atoms with E-state index >= 15 is 0 Å². The van der Waals surface area contributed by atoms with Crippen molar-refractivity contribution < 1.29 is 38.2 Å². The van der Waals surface area contributed by atoms with Crippen LogP contribution in [0.5, 0.6) is 11.5 Å². The number of nitrogens with zero attached hydrogens (tertiary/aromatic N) is 2. The molecule has 6 atom stereocenters. The average Bonchev–Trinajstić information content (AvgIpc) is 3.40. The van der Waals surface area contributed by atoms with E-state index in [4.69, 9.17) is 14.2 Å². The molecule has 2 bridgehead atoms. The van der Waals surface area contributed by atoms with Gasteiger partial charge in [-0.1, -0.05) is 12.5 Å². The van der Waals surface area contributed by atoms with Crippen molar-refractivity contribution in [2.24, 2.45) is 35.0 Å². The van der Waals surface area contributed by atoms with Crippen molar-refractivity contribution in [1.29, 1.82) is 0 Å². The van der Waals surface area contributed by atoms with E-state index in [1.54, 1.807) is 69.3 Å². The molecule has 2 aromatic rings. The highest BCUT2D eigenvalue weighted by atomic mass is 16.5. The van der Waals surface area contributed by atoms with E-state index in [0.29, 0.717) is 41.7 Å². The minimum absolute atomic E-state index is 0.0922. The summed E-state index contributed by atoms with van der Waals surface area (Å²) in [5.74, 6) is -6.07. The Balaban J connectivity index is 1.47. The smallest absolute Gasteiger partial charge is 0.334 e. The van der Waals surface area contributed by atoms with Crippen LogP contribution in [-0.2, 0) is 28.7 Å². The van der Waals surface area contributed by atoms with E-state index in [2.05, 4.69) is 0 Å². The number of benzene rings is 2. The van der Waals surface area contributed by atoms with E-state index < -0.39 is 64.6 Å². The summed E-state index contributed by atoms with van der Waals surface area (Å²) in [6.07, 6.45) is 0. The molecule has 0 spiro atoms. The van der Waals surface area contributed by atoms with E-state index in [0.717, 1.165) is 9.80 Å². The van der Waals surface area contributed by atoms with Gasteiger partial charge < -0.3 is 14.2 Å². The first-order valence-corrected chi connectivity index (χ1v) is 14.7. The maximum atomic E-state index is 14.3. The molecule has 0 radical (unpaired) electrons. The van der Waals surface area contributed by atoms with Gasteiger partial charge in [0.2, 0.25) is 23.6 Å². The van der Waals surface area contributed by atoms with Crippen LogP contribution in [0.15, 0.2) is 59.7 Å². The molecule has 7 rings (SSSR count). The van der Waals surface area contributed by atoms with Crippen LogP contribution in [0, 0.1) is 35.0 Å². The summed E-state index contributed by atoms with van der Waals surface area (Å²) in [5, 5.41) is 0. The molecule has 2 aromatic carbocycles. The maximum absolute atomic E-state index is 14.3. The summed E-state index contributed by atoms with van der Waals surface area (Å²) in [6.45, 7) is 9.80. The molecule has 3 fully saturated rings. The minimum Gasteiger partial charge on any atom is -0.494 e. The van der Waals surface area contributed by atoms with Gasteiger partial charge >= 0.3 is 5.97 Å². The molecule has 224 valence electrons. The number of hydrogen-bond acceptors (Lipinski definition) is 8. The third-order valence-electron chi connectivity index (χ3n) is 9.49. The van der Waals surface area contributed by atoms with Crippen molar-refractivity contribution in [2.75, 3.05) is 29.6 Å². The first kappa shape index (κ1) is 28.6. The zero-order valence-corrected chi connectivity index (χ0v) is 24.8. The number of esters is 1. The second-order valence-corrected chi connectivity index (χ2v) is 11.5. The fourth-order valence-electron chi connectivity index (χ4n) is 8.03. The van der Waals surface area contributed by atoms with Crippen molar-refractivity contribution in [3.05, 3.63) is 59.7 Å². The van der Waals surface area contributed by atoms with E-state index in [1.807, 2.05) is 13.8 Å². The highest BCUT2D eigenvalue weighted by Gasteiger charge is 2.77. The predicted octanol–water partition coefficient (Wildman–Crippen LogP) is 3.92. The number of hydrogen-bond donors (Lipinski definition) is 0. The number of carbonyl (C=O) groups excluding carboxylic acids is 5. The zero-order chi connectivity index (χ0) is 30.8. The molecule has 3 aliphatic carbocycles. The fraction of sp³-hybridized carbons (Fsp3) is 0.424. The van der Waals surface area contributed by atoms with Crippen molar-refractivity contribution in [2.45, 2.75) is 34.6 Å². The Bertz CT molecular complexity index is 1470. The van der Waals surface area contributed by atoms with E-state index in [1.165, 1.54) is 0 Å². The minimum atomic E-state index is -1.46. The zero-order valence-electron chi connectivity index (χ0n) is 24.8. The van der Waals surface area contributed by atoms with Crippen LogP contribution in [0.4, 0.5) is 11.4 Å². The largest absolute Gasteiger partial charge is 0.494 e. The summed E-state index contributed by atoms with van der Waals surface area (Å²) in [5.41, 5.74) is 0.00837. The molecule has 5 aliphatic rings. The van der Waals surface area contributed by atoms with Crippen LogP contribution in [0.1, 0.15) is 34.6 Å². The highest BCUT2D eigenvalue weighted by Crippen LogP contribution is 2.68. The molecule has 43 heavy (non-hydrogen) atoms. The lowest BCUT2D eigenvalue weighted by atomic mass is 9.43. The number of allylic oxidation sites excluding steroid dienone is 1. The van der Waals surface area contributed by atoms with Gasteiger partial charge in [0.25, 0.3) is 0 Å². The molecule has 1 saturated carbocycles. The summed E-state index contributed by atoms with van der Waals surface area (Å²) in [6, 6.07) is 13.3. The number of anilines is 2. The molecule has 10 heteroatoms. The molecule has 0 N–H and O–H groups in total. The van der Waals surface area contributed by atoms with E-state index in [-0.39, 0.29) is 12.2 Å². The van der Waals surface area contributed by atoms with Crippen LogP contribution in [0.2, 0.25) is 0 Å². The topological polar surface area (TPSA) is 120 Å². The number of imide groups is 2. The Hall–Kier alpha value is -4.47. The van der Waals surface area contributed by atoms with Gasteiger partial charge in [-0.3, -0.25) is 29.0 Å². The van der Waals surface area contributed by atoms with Gasteiger partial charge in [-0.2, -0.15) is 0 Å². The van der Waals surface area contributed by atoms with Crippen molar-refractivity contribution in [1.82, 2.24) is 0 Å². The van der Waals surface area contributed by atoms with Crippen LogP contribution in [0.3, 0.4) is 0 Å². The SMILES string of the molecule is CCOC(=O)C1=C(C)C2[C@H]3C(=O)N(c4ccc(OCC)cc4)C(=O)[C@@H]3C1(C)[C@@H]1C(=O)N(c3ccc(OCC)cc3)C(=O)[C@@H]21. The quantitative estimate of drug-likeness (QED) is 0.337. The molecule has 2 heterocycles. The van der Waals surface area contributed by atoms with Gasteiger partial charge in [-0.25, -0.2) is 4.79 Å². The van der Waals surface area contributed by atoms with Gasteiger partial charge in [0.1, 0.15) is 11.5 Å². The average molecular weight is 587 g/mol. The van der Waals surface area contributed by atoms with Gasteiger partial charge in [-0.15, -0.1) is 0 Å². The van der Waals surface area contributed by atoms with Crippen molar-refractivity contribution >= 4 is 41.0 Å². The molecule has 4 amide bonds. The third kappa shape index (κ3) is 3.88. The maximum Gasteiger partial charge on any atom is 0.334 e. The first-order chi connectivity index (χ1) is 20.6. The van der Waals surface area contributed by atoms with Crippen LogP contribution in [0.25, 0.3) is 0 Å². The summed E-state index contributed by atoms with van der Waals surface area (Å²) in [7, 11) is 0. The van der Waals surface area contributed by atoms with Gasteiger partial charge in [0.15, 0.2) is 0 Å². The Morgan fingerprint density at radius 1 is 0.674 bits per heavy atom. The van der Waals surface area contributed by atoms with Crippen molar-refractivity contribution in [3.63, 3.8) is 0 Å². The van der Waals surface area contributed by atoms with Gasteiger partial charge in [-0.05, 0) is 76.2 Å². The Morgan fingerprint density at radius 2 is 1.09 bits per heavy atom. The standard InChI is InChI=1S/C33H34N2O8/c1-6-41-20-13-9-18(10-14-20)34-28(36)23-22-17(4)25(32(40)43-8-3)33(5,26(23)30(34)38)27-24(22)29(37)35(31(27)39)19-11-15-21(16-12-19)42-7-2/h9-16,22-24,26-27H,6-8H2,1-5H3/t22?,23-,24+,26-,27+,33?. The number of ether oxygens (including phenoxy) is 3. The molecule has 2 aliphatic heterocycles. The monoisotopic (exact) mass is 586 g/mol. The molecule has 2 unspecified atom stereocenters. The molecular formula is C33H34N2O8. The van der Waals surface area contributed by atoms with Gasteiger partial charge in [0.05, 0.1) is 54.9 Å². The lowest BCUT2D eigenvalue weighted by Crippen LogP contribution is -2.61. The van der Waals surface area contributed by atoms with Crippen LogP contribution < -0.4 is 19.3 Å². The number of rotatable bonds is 8. The lowest BCUT2D eigenvalue weighted by Gasteiger charge is -2.55. The highest BCUT2D eigenvalue weighted by molar-refractivity contribution is 6.27. The second kappa shape index (κ2) is 10.4. The summed E-state index contributed by atoms with van der Waals surface area (Å²) >= 11 is 0. The third-order valence-corrected chi connectivity index (χ3v) is 9.49. The Labute approximate surface area is 249 Å². The van der Waals surface area contributed by atoms with E-state index in [9.17, 15) is 24.0 Å². The van der Waals surface area contributed by atoms with Crippen molar-refractivity contribution in [3.8, 4) is 11.5 Å². The fourth-order valence-corrected chi connectivity index (χ4v) is 8.03. The Kier molecular flexibility index (Phi) is 6.90. The Morgan fingerprint density at radius 3 is 1.47 bits per heavy atom. The predicted molar refractivity (Wildman–Crippen MR) is 155 cm³/mol. The molecule has 0 aromatic heterocycles. The molecule has 2 saturated heterocycles. The molecule has 10 nitrogen and oxygen atoms in total. The normalized spacial score (nSPS) is 29.3. The summed E-state index contributed by atoms with van der Waals surface area (Å²) < 4.78 is 16.5. The van der Waals surface area contributed by atoms with Crippen LogP contribution in [-0.4, -0.2) is 49.4 Å². The summed E-state index contributed by atoms with van der Waals surface area (Å²) in [4.78, 5) is 72.7. The van der Waals surface area contributed by atoms with Crippen LogP contribution >= 0.6 is 0 Å².